The van der Waals surface area contributed by atoms with Gasteiger partial charge in [-0.25, -0.2) is 0 Å². The Balaban J connectivity index is 0.000000720. The van der Waals surface area contributed by atoms with Crippen molar-refractivity contribution >= 4 is 6.98 Å². The first kappa shape index (κ1) is 11.5. The molecule has 0 aromatic rings. The summed E-state index contributed by atoms with van der Waals surface area (Å²) in [6.07, 6.45) is 0.914. The minimum atomic E-state index is -4.67. The smallest absolute Gasteiger partial charge is 0.448 e. The SMILES string of the molecule is F[B-](F)(F)[C@@]12COCC[C@@H]1C2.[K+]. The van der Waals surface area contributed by atoms with E-state index >= 15 is 0 Å². The number of fused-ring (bicyclic) bond motifs is 1. The van der Waals surface area contributed by atoms with Crippen LogP contribution in [-0.2, 0) is 4.74 Å². The van der Waals surface area contributed by atoms with E-state index in [2.05, 4.69) is 0 Å². The summed E-state index contributed by atoms with van der Waals surface area (Å²) in [7, 11) is 0. The fourth-order valence-corrected chi connectivity index (χ4v) is 1.95. The molecule has 2 atom stereocenters. The van der Waals surface area contributed by atoms with Crippen molar-refractivity contribution in [1.82, 2.24) is 0 Å². The van der Waals surface area contributed by atoms with Crippen LogP contribution < -0.4 is 51.4 Å². The van der Waals surface area contributed by atoms with Crippen molar-refractivity contribution in [3.63, 3.8) is 0 Å². The molecule has 1 saturated carbocycles. The fourth-order valence-electron chi connectivity index (χ4n) is 1.95. The zero-order chi connectivity index (χ0) is 8.11. The van der Waals surface area contributed by atoms with Gasteiger partial charge in [0, 0.05) is 13.2 Å². The Morgan fingerprint density at radius 1 is 1.33 bits per heavy atom. The number of hydrogen-bond acceptors (Lipinski definition) is 1. The molecule has 0 aromatic heterocycles. The van der Waals surface area contributed by atoms with Gasteiger partial charge >= 0.3 is 58.4 Å². The van der Waals surface area contributed by atoms with Crippen LogP contribution in [-0.4, -0.2) is 20.2 Å². The quantitative estimate of drug-likeness (QED) is 0.499. The zero-order valence-electron chi connectivity index (χ0n) is 7.03. The Morgan fingerprint density at radius 3 is 2.42 bits per heavy atom. The van der Waals surface area contributed by atoms with Crippen molar-refractivity contribution in [2.45, 2.75) is 18.2 Å². The molecular weight excluding hydrogens is 195 g/mol. The first-order chi connectivity index (χ1) is 5.06. The van der Waals surface area contributed by atoms with Gasteiger partial charge < -0.3 is 17.7 Å². The molecule has 2 fully saturated rings. The summed E-state index contributed by atoms with van der Waals surface area (Å²) in [6.45, 7) is -4.24. The van der Waals surface area contributed by atoms with E-state index in [9.17, 15) is 12.9 Å². The Labute approximate surface area is 112 Å². The van der Waals surface area contributed by atoms with Gasteiger partial charge in [0.1, 0.15) is 0 Å². The summed E-state index contributed by atoms with van der Waals surface area (Å²) >= 11 is 0. The molecule has 1 nitrogen and oxygen atoms in total. The van der Waals surface area contributed by atoms with E-state index in [-0.39, 0.29) is 63.9 Å². The molecule has 12 heavy (non-hydrogen) atoms. The predicted octanol–water partition coefficient (Wildman–Crippen LogP) is -0.982. The van der Waals surface area contributed by atoms with E-state index < -0.39 is 12.3 Å². The van der Waals surface area contributed by atoms with Crippen molar-refractivity contribution < 1.29 is 69.1 Å². The van der Waals surface area contributed by atoms with Gasteiger partial charge in [-0.1, -0.05) is 12.3 Å². The van der Waals surface area contributed by atoms with Crippen LogP contribution in [0.3, 0.4) is 0 Å². The summed E-state index contributed by atoms with van der Waals surface area (Å²) in [6, 6.07) is 0. The van der Waals surface area contributed by atoms with Gasteiger partial charge in [0.05, 0.1) is 0 Å². The van der Waals surface area contributed by atoms with Gasteiger partial charge in [0.25, 0.3) is 0 Å². The van der Waals surface area contributed by atoms with Crippen LogP contribution in [0, 0.1) is 5.92 Å². The first-order valence-corrected chi connectivity index (χ1v) is 3.83. The van der Waals surface area contributed by atoms with E-state index in [0.29, 0.717) is 19.4 Å². The molecular formula is C6H9BF3KO. The molecule has 2 rings (SSSR count). The Bertz CT molecular complexity index is 186. The molecule has 1 saturated heterocycles. The van der Waals surface area contributed by atoms with Gasteiger partial charge in [-0.2, -0.15) is 0 Å². The number of ether oxygens (including phenoxy) is 1. The molecule has 1 heterocycles. The number of halogens is 3. The fraction of sp³-hybridized carbons (Fsp3) is 1.00. The monoisotopic (exact) mass is 204 g/mol. The first-order valence-electron chi connectivity index (χ1n) is 3.83. The van der Waals surface area contributed by atoms with Gasteiger partial charge in [-0.05, 0) is 11.7 Å². The molecule has 0 aromatic carbocycles. The van der Waals surface area contributed by atoms with Crippen molar-refractivity contribution in [1.29, 1.82) is 0 Å². The van der Waals surface area contributed by atoms with Crippen LogP contribution in [0.2, 0.25) is 5.31 Å². The Kier molecular flexibility index (Phi) is 3.41. The molecule has 64 valence electrons. The Morgan fingerprint density at radius 2 is 2.00 bits per heavy atom. The van der Waals surface area contributed by atoms with Crippen LogP contribution >= 0.6 is 0 Å². The van der Waals surface area contributed by atoms with Crippen LogP contribution in [0.5, 0.6) is 0 Å². The molecule has 0 N–H and O–H groups in total. The van der Waals surface area contributed by atoms with Crippen LogP contribution in [0.4, 0.5) is 12.9 Å². The van der Waals surface area contributed by atoms with Gasteiger partial charge in [-0.3, -0.25) is 0 Å². The predicted molar refractivity (Wildman–Crippen MR) is 35.3 cm³/mol. The van der Waals surface area contributed by atoms with Crippen molar-refractivity contribution in [2.75, 3.05) is 13.2 Å². The van der Waals surface area contributed by atoms with Crippen molar-refractivity contribution in [3.8, 4) is 0 Å². The summed E-state index contributed by atoms with van der Waals surface area (Å²) in [5, 5.41) is -1.38. The minimum absolute atomic E-state index is 0. The van der Waals surface area contributed by atoms with Gasteiger partial charge in [-0.15, -0.1) is 0 Å². The molecule has 0 amide bonds. The second-order valence-corrected chi connectivity index (χ2v) is 3.55. The van der Waals surface area contributed by atoms with Crippen LogP contribution in [0.1, 0.15) is 12.8 Å². The molecule has 2 aliphatic rings. The third-order valence-corrected chi connectivity index (χ3v) is 2.91. The maximum atomic E-state index is 12.3. The summed E-state index contributed by atoms with van der Waals surface area (Å²) in [4.78, 5) is 0. The van der Waals surface area contributed by atoms with Crippen molar-refractivity contribution in [3.05, 3.63) is 0 Å². The molecule has 1 aliphatic heterocycles. The number of rotatable bonds is 1. The third kappa shape index (κ3) is 1.66. The van der Waals surface area contributed by atoms with Gasteiger partial charge in [0.15, 0.2) is 0 Å². The Hall–Kier alpha value is 1.45. The van der Waals surface area contributed by atoms with E-state index in [1.807, 2.05) is 0 Å². The van der Waals surface area contributed by atoms with E-state index in [0.717, 1.165) is 0 Å². The van der Waals surface area contributed by atoms with E-state index in [1.165, 1.54) is 0 Å². The van der Waals surface area contributed by atoms with Crippen molar-refractivity contribution in [2.24, 2.45) is 5.92 Å². The van der Waals surface area contributed by atoms with E-state index in [4.69, 9.17) is 4.74 Å². The van der Waals surface area contributed by atoms with Crippen LogP contribution in [0.25, 0.3) is 0 Å². The summed E-state index contributed by atoms with van der Waals surface area (Å²) < 4.78 is 41.9. The zero-order valence-corrected chi connectivity index (χ0v) is 10.1. The summed E-state index contributed by atoms with van der Waals surface area (Å²) in [5.74, 6) is -0.115. The van der Waals surface area contributed by atoms with Gasteiger partial charge in [0.2, 0.25) is 0 Å². The summed E-state index contributed by atoms with van der Waals surface area (Å²) in [5.41, 5.74) is 0. The maximum absolute atomic E-state index is 12.3. The molecule has 0 bridgehead atoms. The van der Waals surface area contributed by atoms with E-state index in [1.54, 1.807) is 0 Å². The number of hydrogen-bond donors (Lipinski definition) is 0. The molecule has 0 radical (unpaired) electrons. The molecule has 0 spiro atoms. The molecule has 0 unspecified atom stereocenters. The normalized spacial score (nSPS) is 39.8. The topological polar surface area (TPSA) is 9.23 Å². The standard InChI is InChI=1S/C6H9BF3O.K/c8-7(9,10)6-3-5(6)1-2-11-4-6;/h5H,1-4H2;/q-1;+1/t5-,6+;/m1./s1. The van der Waals surface area contributed by atoms with Crippen LogP contribution in [0.15, 0.2) is 0 Å². The minimum Gasteiger partial charge on any atom is -0.448 e. The second kappa shape index (κ2) is 3.55. The molecule has 6 heteroatoms. The third-order valence-electron chi connectivity index (χ3n) is 2.91. The molecule has 1 aliphatic carbocycles. The average Bonchev–Trinajstić information content (AvgIpc) is 2.59. The largest absolute Gasteiger partial charge is 1.00 e. The second-order valence-electron chi connectivity index (χ2n) is 3.55. The maximum Gasteiger partial charge on any atom is 1.00 e. The average molecular weight is 204 g/mol.